The second kappa shape index (κ2) is 10.1. The summed E-state index contributed by atoms with van der Waals surface area (Å²) in [5.74, 6) is 0.0228. The third-order valence-electron chi connectivity index (χ3n) is 7.11. The predicted molar refractivity (Wildman–Crippen MR) is 142 cm³/mol. The molecule has 41 heavy (non-hydrogen) atoms. The molecule has 2 amide bonds. The average Bonchev–Trinajstić information content (AvgIpc) is 3.49. The first kappa shape index (κ1) is 27.1. The van der Waals surface area contributed by atoms with Crippen molar-refractivity contribution in [2.75, 3.05) is 41.4 Å². The van der Waals surface area contributed by atoms with Crippen molar-refractivity contribution in [3.63, 3.8) is 0 Å². The molecular weight excluding hydrogens is 543 g/mol. The SMILES string of the molecule is Cc1nc(-c2cccc(C(F)(F)F)c2)nc2c1N1CC[C@@H](C1)N2C(=O)Nc1nccc(OC[C@H]2COC(C)(C)O2)n1. The van der Waals surface area contributed by atoms with E-state index in [1.165, 1.54) is 23.2 Å². The third kappa shape index (κ3) is 5.48. The number of alkyl halides is 3. The monoisotopic (exact) mass is 571 g/mol. The minimum absolute atomic E-state index is 0.0299. The molecule has 2 aromatic heterocycles. The Morgan fingerprint density at radius 1 is 1.22 bits per heavy atom. The number of halogens is 3. The minimum atomic E-state index is -4.51. The molecule has 1 N–H and O–H groups in total. The number of aromatic nitrogens is 4. The van der Waals surface area contributed by atoms with Crippen molar-refractivity contribution in [3.05, 3.63) is 47.8 Å². The molecule has 2 fully saturated rings. The lowest BCUT2D eigenvalue weighted by Gasteiger charge is -2.36. The molecule has 14 heteroatoms. The van der Waals surface area contributed by atoms with Crippen LogP contribution in [0.1, 0.15) is 31.5 Å². The summed E-state index contributed by atoms with van der Waals surface area (Å²) in [4.78, 5) is 34.8. The Morgan fingerprint density at radius 2 is 2.05 bits per heavy atom. The fourth-order valence-electron chi connectivity index (χ4n) is 5.31. The molecule has 216 valence electrons. The van der Waals surface area contributed by atoms with Crippen molar-refractivity contribution < 1.29 is 32.2 Å². The largest absolute Gasteiger partial charge is 0.475 e. The van der Waals surface area contributed by atoms with Gasteiger partial charge in [-0.2, -0.15) is 18.2 Å². The number of anilines is 3. The van der Waals surface area contributed by atoms with E-state index in [2.05, 4.69) is 30.2 Å². The Balaban J connectivity index is 1.25. The maximum atomic E-state index is 13.6. The molecule has 3 aromatic rings. The molecule has 0 spiro atoms. The van der Waals surface area contributed by atoms with Gasteiger partial charge >= 0.3 is 12.2 Å². The van der Waals surface area contributed by atoms with E-state index in [4.69, 9.17) is 14.2 Å². The number of hydrogen-bond acceptors (Lipinski definition) is 9. The van der Waals surface area contributed by atoms with Gasteiger partial charge in [-0.3, -0.25) is 10.2 Å². The van der Waals surface area contributed by atoms with Gasteiger partial charge in [-0.15, -0.1) is 0 Å². The number of rotatable bonds is 5. The van der Waals surface area contributed by atoms with Crippen molar-refractivity contribution in [1.29, 1.82) is 0 Å². The van der Waals surface area contributed by atoms with Crippen LogP contribution < -0.4 is 19.9 Å². The summed E-state index contributed by atoms with van der Waals surface area (Å²) in [5, 5.41) is 2.73. The first-order valence-electron chi connectivity index (χ1n) is 13.2. The van der Waals surface area contributed by atoms with E-state index in [1.54, 1.807) is 13.0 Å². The summed E-state index contributed by atoms with van der Waals surface area (Å²) in [7, 11) is 0. The molecule has 2 bridgehead atoms. The number of fused-ring (bicyclic) bond motifs is 4. The van der Waals surface area contributed by atoms with Gasteiger partial charge in [-0.05, 0) is 39.3 Å². The molecule has 0 unspecified atom stereocenters. The molecule has 3 aliphatic rings. The summed E-state index contributed by atoms with van der Waals surface area (Å²) in [6, 6.07) is 5.68. The van der Waals surface area contributed by atoms with E-state index in [0.29, 0.717) is 43.3 Å². The zero-order valence-corrected chi connectivity index (χ0v) is 22.6. The Bertz CT molecular complexity index is 1490. The summed E-state index contributed by atoms with van der Waals surface area (Å²) in [6.45, 7) is 7.27. The molecule has 1 aromatic carbocycles. The maximum Gasteiger partial charge on any atom is 0.416 e. The van der Waals surface area contributed by atoms with Crippen molar-refractivity contribution in [3.8, 4) is 17.3 Å². The first-order valence-corrected chi connectivity index (χ1v) is 13.2. The van der Waals surface area contributed by atoms with Crippen molar-refractivity contribution in [2.45, 2.75) is 51.3 Å². The van der Waals surface area contributed by atoms with E-state index in [-0.39, 0.29) is 42.0 Å². The highest BCUT2D eigenvalue weighted by Crippen LogP contribution is 2.42. The summed E-state index contributed by atoms with van der Waals surface area (Å²) < 4.78 is 57.1. The van der Waals surface area contributed by atoms with E-state index >= 15 is 0 Å². The van der Waals surface area contributed by atoms with Gasteiger partial charge in [-0.25, -0.2) is 19.7 Å². The molecule has 0 radical (unpaired) electrons. The van der Waals surface area contributed by atoms with E-state index in [0.717, 1.165) is 12.1 Å². The number of carbonyl (C=O) groups is 1. The Kier molecular flexibility index (Phi) is 6.69. The predicted octanol–water partition coefficient (Wildman–Crippen LogP) is 4.42. The van der Waals surface area contributed by atoms with Gasteiger partial charge in [0.15, 0.2) is 17.4 Å². The van der Waals surface area contributed by atoms with Crippen LogP contribution in [0.2, 0.25) is 0 Å². The van der Waals surface area contributed by atoms with Gasteiger partial charge in [0.1, 0.15) is 18.4 Å². The molecule has 2 atom stereocenters. The third-order valence-corrected chi connectivity index (χ3v) is 7.11. The average molecular weight is 572 g/mol. The molecule has 11 nitrogen and oxygen atoms in total. The minimum Gasteiger partial charge on any atom is -0.475 e. The summed E-state index contributed by atoms with van der Waals surface area (Å²) in [6.07, 6.45) is -2.62. The lowest BCUT2D eigenvalue weighted by Crippen LogP contribution is -2.48. The summed E-state index contributed by atoms with van der Waals surface area (Å²) in [5.41, 5.74) is 0.632. The number of nitrogens with one attached hydrogen (secondary N) is 1. The van der Waals surface area contributed by atoms with Crippen LogP contribution in [0.4, 0.5) is 35.4 Å². The van der Waals surface area contributed by atoms with Gasteiger partial charge in [-0.1, -0.05) is 12.1 Å². The van der Waals surface area contributed by atoms with Crippen LogP contribution in [-0.2, 0) is 15.7 Å². The second-order valence-electron chi connectivity index (χ2n) is 10.6. The Hall–Kier alpha value is -4.04. The van der Waals surface area contributed by atoms with Crippen LogP contribution in [-0.4, -0.2) is 70.2 Å². The van der Waals surface area contributed by atoms with E-state index < -0.39 is 23.6 Å². The molecule has 0 saturated carbocycles. The number of amides is 2. The highest BCUT2D eigenvalue weighted by atomic mass is 19.4. The smallest absolute Gasteiger partial charge is 0.416 e. The lowest BCUT2D eigenvalue weighted by atomic mass is 10.1. The first-order chi connectivity index (χ1) is 19.5. The summed E-state index contributed by atoms with van der Waals surface area (Å²) >= 11 is 0. The molecule has 6 rings (SSSR count). The quantitative estimate of drug-likeness (QED) is 0.475. The normalized spacial score (nSPS) is 21.1. The molecule has 0 aliphatic carbocycles. The van der Waals surface area contributed by atoms with Gasteiger partial charge in [0, 0.05) is 30.9 Å². The Morgan fingerprint density at radius 3 is 2.80 bits per heavy atom. The molecule has 5 heterocycles. The number of urea groups is 1. The zero-order chi connectivity index (χ0) is 28.9. The van der Waals surface area contributed by atoms with Gasteiger partial charge < -0.3 is 19.1 Å². The van der Waals surface area contributed by atoms with Crippen LogP contribution in [0, 0.1) is 6.92 Å². The highest BCUT2D eigenvalue weighted by molar-refractivity contribution is 6.04. The van der Waals surface area contributed by atoms with Crippen molar-refractivity contribution >= 4 is 23.5 Å². The number of carbonyl (C=O) groups excluding carboxylic acids is 1. The lowest BCUT2D eigenvalue weighted by molar-refractivity contribution is -0.141. The van der Waals surface area contributed by atoms with E-state index in [9.17, 15) is 18.0 Å². The molecule has 2 saturated heterocycles. The van der Waals surface area contributed by atoms with E-state index in [1.807, 2.05) is 13.8 Å². The standard InChI is InChI=1S/C27H28F3N7O4/c1-15-21-23(34-22(32-15)16-5-4-6-17(11-16)27(28,29)30)37(18-8-10-36(21)12-18)25(38)35-24-31-9-7-20(33-24)39-13-19-14-40-26(2,3)41-19/h4-7,9,11,18-19H,8,10,12-14H2,1-3H3,(H,31,33,35,38)/t18-,19-/m0/s1. The number of hydrogen-bond donors (Lipinski definition) is 1. The second-order valence-corrected chi connectivity index (χ2v) is 10.6. The van der Waals surface area contributed by atoms with Gasteiger partial charge in [0.2, 0.25) is 11.8 Å². The van der Waals surface area contributed by atoms with Crippen molar-refractivity contribution in [1.82, 2.24) is 19.9 Å². The zero-order valence-electron chi connectivity index (χ0n) is 22.6. The van der Waals surface area contributed by atoms with Crippen LogP contribution in [0.15, 0.2) is 36.5 Å². The number of benzene rings is 1. The topological polar surface area (TPSA) is 115 Å². The van der Waals surface area contributed by atoms with Crippen LogP contribution >= 0.6 is 0 Å². The van der Waals surface area contributed by atoms with Crippen LogP contribution in [0.5, 0.6) is 5.88 Å². The highest BCUT2D eigenvalue weighted by Gasteiger charge is 2.42. The van der Waals surface area contributed by atoms with Crippen molar-refractivity contribution in [2.24, 2.45) is 0 Å². The van der Waals surface area contributed by atoms with Crippen LogP contribution in [0.3, 0.4) is 0 Å². The van der Waals surface area contributed by atoms with Gasteiger partial charge in [0.05, 0.1) is 23.9 Å². The fraction of sp³-hybridized carbons (Fsp3) is 0.444. The number of ether oxygens (including phenoxy) is 3. The number of nitrogens with zero attached hydrogens (tertiary/aromatic N) is 6. The fourth-order valence-corrected chi connectivity index (χ4v) is 5.31. The van der Waals surface area contributed by atoms with Crippen LogP contribution in [0.25, 0.3) is 11.4 Å². The maximum absolute atomic E-state index is 13.6. The van der Waals surface area contributed by atoms with Gasteiger partial charge in [0.25, 0.3) is 0 Å². The number of aryl methyl sites for hydroxylation is 1. The Labute approximate surface area is 233 Å². The molecule has 3 aliphatic heterocycles. The molecular formula is C27H28F3N7O4.